The monoisotopic (exact) mass is 191 g/mol. The molecule has 0 heterocycles. The van der Waals surface area contributed by atoms with Crippen molar-refractivity contribution in [2.75, 3.05) is 13.1 Å². The fraction of sp³-hybridized carbons (Fsp3) is 0.538. The Hall–Kier alpha value is -0.820. The van der Waals surface area contributed by atoms with Gasteiger partial charge in [-0.05, 0) is 43.5 Å². The number of nitrogens with one attached hydrogen (secondary N) is 1. The maximum Gasteiger partial charge on any atom is -0.00201 e. The number of hydrogen-bond donors (Lipinski definition) is 1. The zero-order chi connectivity index (χ0) is 10.4. The molecule has 0 radical (unpaired) electrons. The maximum atomic E-state index is 3.39. The van der Waals surface area contributed by atoms with Gasteiger partial charge in [0.15, 0.2) is 0 Å². The molecule has 0 aliphatic rings. The molecule has 0 amide bonds. The highest BCUT2D eigenvalue weighted by Crippen LogP contribution is 2.12. The molecule has 0 aliphatic heterocycles. The Kier molecular flexibility index (Phi) is 4.68. The predicted molar refractivity (Wildman–Crippen MR) is 62.6 cm³/mol. The van der Waals surface area contributed by atoms with Crippen LogP contribution in [0.25, 0.3) is 0 Å². The van der Waals surface area contributed by atoms with Crippen molar-refractivity contribution in [3.63, 3.8) is 0 Å². The third-order valence-electron chi connectivity index (χ3n) is 2.57. The highest BCUT2D eigenvalue weighted by Gasteiger charge is 2.04. The van der Waals surface area contributed by atoms with Gasteiger partial charge in [0.2, 0.25) is 0 Å². The van der Waals surface area contributed by atoms with Gasteiger partial charge in [0.05, 0.1) is 0 Å². The minimum absolute atomic E-state index is 0.719. The summed E-state index contributed by atoms with van der Waals surface area (Å²) in [5.41, 5.74) is 2.90. The number of benzene rings is 1. The van der Waals surface area contributed by atoms with Gasteiger partial charge in [-0.25, -0.2) is 0 Å². The first-order valence-electron chi connectivity index (χ1n) is 5.49. The van der Waals surface area contributed by atoms with E-state index in [2.05, 4.69) is 50.4 Å². The second-order valence-corrected chi connectivity index (χ2v) is 4.04. The average molecular weight is 191 g/mol. The topological polar surface area (TPSA) is 12.0 Å². The van der Waals surface area contributed by atoms with E-state index in [0.717, 1.165) is 19.0 Å². The van der Waals surface area contributed by atoms with E-state index in [9.17, 15) is 0 Å². The summed E-state index contributed by atoms with van der Waals surface area (Å²) in [6.45, 7) is 8.83. The Bertz CT molecular complexity index is 268. The molecule has 0 aromatic heterocycles. The first-order valence-corrected chi connectivity index (χ1v) is 5.49. The van der Waals surface area contributed by atoms with Crippen LogP contribution in [0.2, 0.25) is 0 Å². The van der Waals surface area contributed by atoms with Gasteiger partial charge in [-0.1, -0.05) is 38.1 Å². The van der Waals surface area contributed by atoms with Crippen LogP contribution in [0.4, 0.5) is 0 Å². The van der Waals surface area contributed by atoms with E-state index in [1.807, 2.05) is 0 Å². The van der Waals surface area contributed by atoms with Crippen molar-refractivity contribution in [2.45, 2.75) is 27.2 Å². The third-order valence-corrected chi connectivity index (χ3v) is 2.57. The molecule has 1 unspecified atom stereocenters. The molecule has 0 saturated heterocycles. The van der Waals surface area contributed by atoms with Crippen molar-refractivity contribution in [1.82, 2.24) is 5.32 Å². The minimum atomic E-state index is 0.719. The molecule has 1 nitrogen and oxygen atoms in total. The van der Waals surface area contributed by atoms with E-state index in [4.69, 9.17) is 0 Å². The van der Waals surface area contributed by atoms with Crippen LogP contribution in [0.5, 0.6) is 0 Å². The Morgan fingerprint density at radius 2 is 2.00 bits per heavy atom. The van der Waals surface area contributed by atoms with Gasteiger partial charge in [-0.15, -0.1) is 0 Å². The van der Waals surface area contributed by atoms with Crippen LogP contribution >= 0.6 is 0 Å². The largest absolute Gasteiger partial charge is 0.317 e. The lowest BCUT2D eigenvalue weighted by molar-refractivity contribution is 0.520. The second kappa shape index (κ2) is 5.82. The van der Waals surface area contributed by atoms with Crippen LogP contribution in [0.3, 0.4) is 0 Å². The van der Waals surface area contributed by atoms with Crippen molar-refractivity contribution < 1.29 is 0 Å². The Morgan fingerprint density at radius 1 is 1.29 bits per heavy atom. The van der Waals surface area contributed by atoms with Crippen LogP contribution in [0.1, 0.15) is 25.0 Å². The van der Waals surface area contributed by atoms with Crippen molar-refractivity contribution in [2.24, 2.45) is 5.92 Å². The quantitative estimate of drug-likeness (QED) is 0.754. The Labute approximate surface area is 87.5 Å². The fourth-order valence-corrected chi connectivity index (χ4v) is 1.68. The van der Waals surface area contributed by atoms with E-state index in [1.54, 1.807) is 0 Å². The van der Waals surface area contributed by atoms with Crippen molar-refractivity contribution in [3.05, 3.63) is 35.4 Å². The van der Waals surface area contributed by atoms with Crippen molar-refractivity contribution in [3.8, 4) is 0 Å². The first-order chi connectivity index (χ1) is 6.74. The number of aryl methyl sites for hydroxylation is 1. The van der Waals surface area contributed by atoms with Crippen LogP contribution in [0, 0.1) is 12.8 Å². The van der Waals surface area contributed by atoms with Crippen molar-refractivity contribution >= 4 is 0 Å². The molecule has 1 N–H and O–H groups in total. The average Bonchev–Trinajstić information content (AvgIpc) is 2.18. The molecule has 0 aliphatic carbocycles. The lowest BCUT2D eigenvalue weighted by atomic mass is 9.97. The highest BCUT2D eigenvalue weighted by molar-refractivity contribution is 5.25. The lowest BCUT2D eigenvalue weighted by Crippen LogP contribution is -2.22. The molecule has 1 atom stereocenters. The molecule has 1 rings (SSSR count). The molecule has 0 bridgehead atoms. The molecule has 0 fully saturated rings. The smallest absolute Gasteiger partial charge is 0.00201 e. The molecular formula is C13H21N. The number of rotatable bonds is 5. The van der Waals surface area contributed by atoms with Crippen LogP contribution in [-0.4, -0.2) is 13.1 Å². The van der Waals surface area contributed by atoms with Gasteiger partial charge >= 0.3 is 0 Å². The van der Waals surface area contributed by atoms with Gasteiger partial charge in [0.25, 0.3) is 0 Å². The molecule has 78 valence electrons. The molecular weight excluding hydrogens is 170 g/mol. The Balaban J connectivity index is 2.47. The van der Waals surface area contributed by atoms with Gasteiger partial charge < -0.3 is 5.32 Å². The minimum Gasteiger partial charge on any atom is -0.317 e. The molecule has 14 heavy (non-hydrogen) atoms. The second-order valence-electron chi connectivity index (χ2n) is 4.04. The van der Waals surface area contributed by atoms with Crippen LogP contribution in [-0.2, 0) is 6.42 Å². The van der Waals surface area contributed by atoms with E-state index in [-0.39, 0.29) is 0 Å². The zero-order valence-corrected chi connectivity index (χ0v) is 9.51. The third kappa shape index (κ3) is 3.51. The van der Waals surface area contributed by atoms with Gasteiger partial charge in [0, 0.05) is 0 Å². The summed E-state index contributed by atoms with van der Waals surface area (Å²) < 4.78 is 0. The number of hydrogen-bond acceptors (Lipinski definition) is 1. The van der Waals surface area contributed by atoms with E-state index in [0.29, 0.717) is 0 Å². The molecule has 0 spiro atoms. The summed E-state index contributed by atoms with van der Waals surface area (Å²) in [4.78, 5) is 0. The summed E-state index contributed by atoms with van der Waals surface area (Å²) in [5.74, 6) is 0.719. The van der Waals surface area contributed by atoms with Gasteiger partial charge in [0.1, 0.15) is 0 Å². The van der Waals surface area contributed by atoms with Crippen LogP contribution in [0.15, 0.2) is 24.3 Å². The lowest BCUT2D eigenvalue weighted by Gasteiger charge is -2.13. The highest BCUT2D eigenvalue weighted by atomic mass is 14.8. The molecule has 0 saturated carbocycles. The van der Waals surface area contributed by atoms with Crippen LogP contribution < -0.4 is 5.32 Å². The summed E-state index contributed by atoms with van der Waals surface area (Å²) in [7, 11) is 0. The van der Waals surface area contributed by atoms with Gasteiger partial charge in [-0.3, -0.25) is 0 Å². The fourth-order valence-electron chi connectivity index (χ4n) is 1.68. The van der Waals surface area contributed by atoms with E-state index >= 15 is 0 Å². The summed E-state index contributed by atoms with van der Waals surface area (Å²) in [5, 5.41) is 3.39. The Morgan fingerprint density at radius 3 is 2.64 bits per heavy atom. The summed E-state index contributed by atoms with van der Waals surface area (Å²) >= 11 is 0. The summed E-state index contributed by atoms with van der Waals surface area (Å²) in [6, 6.07) is 8.66. The normalized spacial score (nSPS) is 12.8. The predicted octanol–water partition coefficient (Wildman–Crippen LogP) is 2.78. The van der Waals surface area contributed by atoms with E-state index in [1.165, 1.54) is 17.5 Å². The molecule has 1 aromatic carbocycles. The zero-order valence-electron chi connectivity index (χ0n) is 9.51. The summed E-state index contributed by atoms with van der Waals surface area (Å²) in [6.07, 6.45) is 1.18. The SMILES string of the molecule is CCNCC(C)Cc1ccccc1C. The van der Waals surface area contributed by atoms with E-state index < -0.39 is 0 Å². The molecule has 1 heteroatoms. The van der Waals surface area contributed by atoms with Gasteiger partial charge in [-0.2, -0.15) is 0 Å². The standard InChI is InChI=1S/C13H21N/c1-4-14-10-11(2)9-13-8-6-5-7-12(13)3/h5-8,11,14H,4,9-10H2,1-3H3. The maximum absolute atomic E-state index is 3.39. The molecule has 1 aromatic rings. The first kappa shape index (κ1) is 11.3. The van der Waals surface area contributed by atoms with Crippen molar-refractivity contribution in [1.29, 1.82) is 0 Å².